The number of benzene rings is 2. The smallest absolute Gasteiger partial charge is 0.141 e. The van der Waals surface area contributed by atoms with E-state index in [1.807, 2.05) is 32.0 Å². The van der Waals surface area contributed by atoms with Crippen LogP contribution >= 0.6 is 0 Å². The number of fused-ring (bicyclic) bond motifs is 1. The Morgan fingerprint density at radius 2 is 1.58 bits per heavy atom. The molecule has 0 bridgehead atoms. The molecule has 0 amide bonds. The van der Waals surface area contributed by atoms with E-state index in [2.05, 4.69) is 39.4 Å². The molecule has 0 aliphatic heterocycles. The molecule has 2 aromatic carbocycles. The van der Waals surface area contributed by atoms with Crippen LogP contribution in [0.25, 0.3) is 33.2 Å². The van der Waals surface area contributed by atoms with E-state index in [0.29, 0.717) is 5.69 Å². The molecule has 4 nitrogen and oxygen atoms in total. The molecule has 0 fully saturated rings. The van der Waals surface area contributed by atoms with E-state index in [9.17, 15) is 0 Å². The Morgan fingerprint density at radius 1 is 0.875 bits per heavy atom. The summed E-state index contributed by atoms with van der Waals surface area (Å²) in [6.07, 6.45) is 1.48. The van der Waals surface area contributed by atoms with Crippen molar-refractivity contribution in [3.63, 3.8) is 0 Å². The minimum absolute atomic E-state index is 0.495. The monoisotopic (exact) mass is 313 g/mol. The van der Waals surface area contributed by atoms with Gasteiger partial charge in [-0.1, -0.05) is 35.5 Å². The average molecular weight is 313 g/mol. The quantitative estimate of drug-likeness (QED) is 0.541. The van der Waals surface area contributed by atoms with Crippen LogP contribution in [0, 0.1) is 20.8 Å². The maximum atomic E-state index is 5.96. The maximum Gasteiger partial charge on any atom is 0.141 e. The van der Waals surface area contributed by atoms with Crippen molar-refractivity contribution >= 4 is 10.9 Å². The van der Waals surface area contributed by atoms with Crippen LogP contribution in [-0.2, 0) is 0 Å². The van der Waals surface area contributed by atoms with Crippen LogP contribution in [0.3, 0.4) is 0 Å². The van der Waals surface area contributed by atoms with Crippen LogP contribution in [0.2, 0.25) is 0 Å². The van der Waals surface area contributed by atoms with Crippen molar-refractivity contribution in [2.24, 2.45) is 0 Å². The van der Waals surface area contributed by atoms with Crippen LogP contribution < -0.4 is 0 Å². The normalized spacial score (nSPS) is 11.1. The van der Waals surface area contributed by atoms with Crippen molar-refractivity contribution in [1.29, 1.82) is 0 Å². The van der Waals surface area contributed by atoms with E-state index in [4.69, 9.17) is 11.4 Å². The first-order valence-electron chi connectivity index (χ1n) is 7.67. The predicted molar refractivity (Wildman–Crippen MR) is 93.3 cm³/mol. The van der Waals surface area contributed by atoms with Crippen molar-refractivity contribution in [3.8, 4) is 22.3 Å². The second-order valence-electron chi connectivity index (χ2n) is 5.77. The average Bonchev–Trinajstić information content (AvgIpc) is 2.94. The van der Waals surface area contributed by atoms with Crippen LogP contribution in [0.1, 0.15) is 17.1 Å². The molecule has 0 saturated heterocycles. The molecule has 0 aliphatic carbocycles. The Labute approximate surface area is 140 Å². The molecule has 0 N–H and O–H groups in total. The summed E-state index contributed by atoms with van der Waals surface area (Å²) in [7, 11) is 0. The van der Waals surface area contributed by atoms with Gasteiger partial charge in [-0.3, -0.25) is 0 Å². The van der Waals surface area contributed by atoms with Gasteiger partial charge in [-0.15, -0.1) is 0 Å². The fourth-order valence-corrected chi connectivity index (χ4v) is 2.98. The number of aromatic nitrogens is 3. The van der Waals surface area contributed by atoms with Gasteiger partial charge in [-0.05, 0) is 42.7 Å². The summed E-state index contributed by atoms with van der Waals surface area (Å²) in [5.74, 6) is 0.830. The van der Waals surface area contributed by atoms with Gasteiger partial charge >= 0.3 is 0 Å². The van der Waals surface area contributed by atoms with Gasteiger partial charge in [0.2, 0.25) is 0 Å². The van der Waals surface area contributed by atoms with Crippen molar-refractivity contribution in [3.05, 3.63) is 72.9 Å². The number of nitrogens with zero attached hydrogens (tertiary/aromatic N) is 3. The molecule has 0 atom stereocenters. The minimum Gasteiger partial charge on any atom is -0.361 e. The zero-order chi connectivity index (χ0) is 16.7. The standard InChI is InChI=1S/C20H15N3O/c1-12-18-10-17(8-9-19(18)22-11-21-12)15-4-6-16(7-5-15)20-13(2)23-24-14(20)3/h1,4-11H,2-3H3. The summed E-state index contributed by atoms with van der Waals surface area (Å²) >= 11 is 0. The molecular weight excluding hydrogens is 298 g/mol. The van der Waals surface area contributed by atoms with Gasteiger partial charge < -0.3 is 4.52 Å². The Kier molecular flexibility index (Phi) is 3.38. The molecule has 0 spiro atoms. The van der Waals surface area contributed by atoms with Gasteiger partial charge in [0.25, 0.3) is 0 Å². The molecule has 4 rings (SSSR count). The lowest BCUT2D eigenvalue weighted by molar-refractivity contribution is 0.393. The van der Waals surface area contributed by atoms with Crippen LogP contribution in [0.5, 0.6) is 0 Å². The van der Waals surface area contributed by atoms with E-state index in [1.165, 1.54) is 6.33 Å². The first-order chi connectivity index (χ1) is 11.6. The zero-order valence-corrected chi connectivity index (χ0v) is 13.4. The number of hydrogen-bond acceptors (Lipinski definition) is 4. The van der Waals surface area contributed by atoms with E-state index in [1.54, 1.807) is 0 Å². The Balaban J connectivity index is 1.77. The van der Waals surface area contributed by atoms with E-state index in [0.717, 1.165) is 44.6 Å². The molecule has 0 saturated carbocycles. The Bertz CT molecular complexity index is 1010. The maximum absolute atomic E-state index is 5.96. The summed E-state index contributed by atoms with van der Waals surface area (Å²) in [6.45, 7) is 9.83. The van der Waals surface area contributed by atoms with Crippen molar-refractivity contribution in [1.82, 2.24) is 15.1 Å². The topological polar surface area (TPSA) is 51.8 Å². The molecule has 2 aromatic heterocycles. The first kappa shape index (κ1) is 14.6. The molecule has 2 heterocycles. The Morgan fingerprint density at radius 3 is 2.29 bits per heavy atom. The van der Waals surface area contributed by atoms with Gasteiger partial charge in [-0.2, -0.15) is 0 Å². The number of aryl methyl sites for hydroxylation is 2. The third-order valence-corrected chi connectivity index (χ3v) is 4.21. The third-order valence-electron chi connectivity index (χ3n) is 4.21. The second-order valence-corrected chi connectivity index (χ2v) is 5.77. The van der Waals surface area contributed by atoms with Gasteiger partial charge in [0.05, 0.1) is 16.9 Å². The van der Waals surface area contributed by atoms with Crippen LogP contribution in [0.15, 0.2) is 53.3 Å². The van der Waals surface area contributed by atoms with Gasteiger partial charge in [0, 0.05) is 17.9 Å². The van der Waals surface area contributed by atoms with E-state index >= 15 is 0 Å². The highest BCUT2D eigenvalue weighted by molar-refractivity contribution is 5.87. The van der Waals surface area contributed by atoms with Crippen molar-refractivity contribution < 1.29 is 4.52 Å². The number of hydrogen-bond donors (Lipinski definition) is 0. The van der Waals surface area contributed by atoms with Crippen LogP contribution in [0.4, 0.5) is 0 Å². The fourth-order valence-electron chi connectivity index (χ4n) is 2.98. The highest BCUT2D eigenvalue weighted by atomic mass is 16.5. The lowest BCUT2D eigenvalue weighted by Gasteiger charge is -2.07. The minimum atomic E-state index is 0.495. The largest absolute Gasteiger partial charge is 0.361 e. The predicted octanol–water partition coefficient (Wildman–Crippen LogP) is 4.63. The summed E-state index contributed by atoms with van der Waals surface area (Å²) in [5.41, 5.74) is 6.57. The lowest BCUT2D eigenvalue weighted by atomic mass is 9.98. The summed E-state index contributed by atoms with van der Waals surface area (Å²) < 4.78 is 5.25. The Hall–Kier alpha value is -3.01. The highest BCUT2D eigenvalue weighted by Gasteiger charge is 2.11. The number of rotatable bonds is 2. The SMILES string of the molecule is [CH]c1ncnc2ccc(-c3ccc(-c4c(C)noc4C)cc3)cc12. The second kappa shape index (κ2) is 5.57. The third kappa shape index (κ3) is 2.36. The molecule has 4 aromatic rings. The summed E-state index contributed by atoms with van der Waals surface area (Å²) in [4.78, 5) is 8.29. The molecule has 24 heavy (non-hydrogen) atoms. The van der Waals surface area contributed by atoms with Gasteiger partial charge in [-0.25, -0.2) is 9.97 Å². The highest BCUT2D eigenvalue weighted by Crippen LogP contribution is 2.30. The van der Waals surface area contributed by atoms with Gasteiger partial charge in [0.15, 0.2) is 0 Å². The molecule has 0 aliphatic rings. The van der Waals surface area contributed by atoms with Crippen molar-refractivity contribution in [2.45, 2.75) is 13.8 Å². The van der Waals surface area contributed by atoms with Gasteiger partial charge in [0.1, 0.15) is 12.1 Å². The molecule has 4 heteroatoms. The van der Waals surface area contributed by atoms with Crippen LogP contribution in [-0.4, -0.2) is 15.1 Å². The lowest BCUT2D eigenvalue weighted by Crippen LogP contribution is -1.88. The zero-order valence-electron chi connectivity index (χ0n) is 13.4. The van der Waals surface area contributed by atoms with E-state index in [-0.39, 0.29) is 0 Å². The summed E-state index contributed by atoms with van der Waals surface area (Å²) in [5, 5.41) is 4.88. The van der Waals surface area contributed by atoms with Crippen molar-refractivity contribution in [2.75, 3.05) is 0 Å². The molecule has 2 radical (unpaired) electrons. The fraction of sp³-hybridized carbons (Fsp3) is 0.100. The first-order valence-corrected chi connectivity index (χ1v) is 7.67. The molecule has 0 unspecified atom stereocenters. The van der Waals surface area contributed by atoms with E-state index < -0.39 is 0 Å². The molecular formula is C20H15N3O. The molecule has 116 valence electrons. The summed E-state index contributed by atoms with van der Waals surface area (Å²) in [6, 6.07) is 14.4.